The summed E-state index contributed by atoms with van der Waals surface area (Å²) in [6, 6.07) is 28.0. The molecule has 0 radical (unpaired) electrons. The molecule has 0 saturated heterocycles. The number of nitrogens with one attached hydrogen (secondary N) is 1. The summed E-state index contributed by atoms with van der Waals surface area (Å²) in [6.45, 7) is 1.27. The summed E-state index contributed by atoms with van der Waals surface area (Å²) in [5.74, 6) is -0.155. The lowest BCUT2D eigenvalue weighted by Crippen LogP contribution is -2.23. The first-order valence-electron chi connectivity index (χ1n) is 8.62. The standard InChI is InChI=1S/C22H19N3O/c26-22-21(19-13-7-8-14-20(19)23-22)24-25(15-17-9-3-1-4-10-17)16-18-11-5-2-6-12-18/h1-14H,15-16H2,(H,23,24,26). The summed E-state index contributed by atoms with van der Waals surface area (Å²) in [5, 5.41) is 9.56. The molecule has 0 spiro atoms. The van der Waals surface area contributed by atoms with E-state index in [1.165, 1.54) is 0 Å². The average Bonchev–Trinajstić information content (AvgIpc) is 2.99. The first-order chi connectivity index (χ1) is 12.8. The Balaban J connectivity index is 1.67. The van der Waals surface area contributed by atoms with Gasteiger partial charge in [-0.25, -0.2) is 0 Å². The molecule has 0 aromatic heterocycles. The highest BCUT2D eigenvalue weighted by Gasteiger charge is 2.26. The number of hydrazone groups is 1. The van der Waals surface area contributed by atoms with Gasteiger partial charge in [-0.05, 0) is 17.2 Å². The topological polar surface area (TPSA) is 44.7 Å². The fourth-order valence-corrected chi connectivity index (χ4v) is 3.06. The predicted octanol–water partition coefficient (Wildman–Crippen LogP) is 4.05. The van der Waals surface area contributed by atoms with Crippen LogP contribution in [0.15, 0.2) is 90.0 Å². The summed E-state index contributed by atoms with van der Waals surface area (Å²) >= 11 is 0. The van der Waals surface area contributed by atoms with Gasteiger partial charge in [0.1, 0.15) is 0 Å². The Hall–Kier alpha value is -3.40. The summed E-state index contributed by atoms with van der Waals surface area (Å²) in [5.41, 5.74) is 4.44. The third-order valence-electron chi connectivity index (χ3n) is 4.30. The van der Waals surface area contributed by atoms with Gasteiger partial charge >= 0.3 is 0 Å². The lowest BCUT2D eigenvalue weighted by Gasteiger charge is -2.20. The first-order valence-corrected chi connectivity index (χ1v) is 8.62. The monoisotopic (exact) mass is 341 g/mol. The second-order valence-corrected chi connectivity index (χ2v) is 6.24. The number of amides is 1. The number of fused-ring (bicyclic) bond motifs is 1. The molecule has 1 heterocycles. The SMILES string of the molecule is O=C1Nc2ccccc2/C1=N/N(Cc1ccccc1)Cc1ccccc1. The van der Waals surface area contributed by atoms with Crippen LogP contribution in [-0.4, -0.2) is 16.6 Å². The molecule has 0 aliphatic carbocycles. The summed E-state index contributed by atoms with van der Waals surface area (Å²) in [6.07, 6.45) is 0. The van der Waals surface area contributed by atoms with Gasteiger partial charge in [-0.3, -0.25) is 9.80 Å². The smallest absolute Gasteiger partial charge is 0.276 e. The quantitative estimate of drug-likeness (QED) is 0.712. The molecule has 4 rings (SSSR count). The number of carbonyl (C=O) groups excluding carboxylic acids is 1. The Kier molecular flexibility index (Phi) is 4.48. The number of carbonyl (C=O) groups is 1. The van der Waals surface area contributed by atoms with Crippen LogP contribution >= 0.6 is 0 Å². The molecule has 3 aromatic rings. The van der Waals surface area contributed by atoms with E-state index in [9.17, 15) is 4.79 Å². The highest BCUT2D eigenvalue weighted by atomic mass is 16.2. The van der Waals surface area contributed by atoms with Crippen molar-refractivity contribution in [2.45, 2.75) is 13.1 Å². The molecule has 3 aromatic carbocycles. The van der Waals surface area contributed by atoms with Crippen molar-refractivity contribution < 1.29 is 4.79 Å². The predicted molar refractivity (Wildman–Crippen MR) is 104 cm³/mol. The summed E-state index contributed by atoms with van der Waals surface area (Å²) < 4.78 is 0. The zero-order chi connectivity index (χ0) is 17.8. The van der Waals surface area contributed by atoms with Gasteiger partial charge in [0.25, 0.3) is 5.91 Å². The molecule has 0 bridgehead atoms. The number of rotatable bonds is 5. The van der Waals surface area contributed by atoms with Crippen molar-refractivity contribution in [2.75, 3.05) is 5.32 Å². The molecule has 1 N–H and O–H groups in total. The third-order valence-corrected chi connectivity index (χ3v) is 4.30. The number of para-hydroxylation sites is 1. The number of benzene rings is 3. The van der Waals surface area contributed by atoms with Gasteiger partial charge in [0, 0.05) is 5.56 Å². The van der Waals surface area contributed by atoms with Crippen LogP contribution in [0.25, 0.3) is 0 Å². The fourth-order valence-electron chi connectivity index (χ4n) is 3.06. The highest BCUT2D eigenvalue weighted by Crippen LogP contribution is 2.23. The molecule has 4 heteroatoms. The van der Waals surface area contributed by atoms with Crippen molar-refractivity contribution in [1.29, 1.82) is 0 Å². The van der Waals surface area contributed by atoms with Gasteiger partial charge < -0.3 is 5.32 Å². The van der Waals surface area contributed by atoms with Gasteiger partial charge in [0.2, 0.25) is 0 Å². The highest BCUT2D eigenvalue weighted by molar-refractivity contribution is 6.53. The van der Waals surface area contributed by atoms with E-state index >= 15 is 0 Å². The lowest BCUT2D eigenvalue weighted by atomic mass is 10.1. The van der Waals surface area contributed by atoms with E-state index < -0.39 is 0 Å². The number of hydrogen-bond donors (Lipinski definition) is 1. The molecule has 0 unspecified atom stereocenters. The van der Waals surface area contributed by atoms with Crippen molar-refractivity contribution in [3.05, 3.63) is 102 Å². The fraction of sp³-hybridized carbons (Fsp3) is 0.0909. The molecule has 4 nitrogen and oxygen atoms in total. The van der Waals surface area contributed by atoms with E-state index in [2.05, 4.69) is 29.6 Å². The number of nitrogens with zero attached hydrogens (tertiary/aromatic N) is 2. The molecule has 128 valence electrons. The van der Waals surface area contributed by atoms with Crippen LogP contribution in [0.4, 0.5) is 5.69 Å². The van der Waals surface area contributed by atoms with Crippen LogP contribution in [0, 0.1) is 0 Å². The van der Waals surface area contributed by atoms with Crippen LogP contribution in [-0.2, 0) is 17.9 Å². The third kappa shape index (κ3) is 3.49. The van der Waals surface area contributed by atoms with Crippen molar-refractivity contribution in [3.8, 4) is 0 Å². The van der Waals surface area contributed by atoms with Gasteiger partial charge in [-0.15, -0.1) is 0 Å². The van der Waals surface area contributed by atoms with E-state index in [1.54, 1.807) is 0 Å². The van der Waals surface area contributed by atoms with E-state index in [0.717, 1.165) is 22.4 Å². The second kappa shape index (κ2) is 7.23. The first kappa shape index (κ1) is 16.1. The molecule has 26 heavy (non-hydrogen) atoms. The van der Waals surface area contributed by atoms with Crippen molar-refractivity contribution >= 4 is 17.3 Å². The average molecular weight is 341 g/mol. The maximum Gasteiger partial charge on any atom is 0.276 e. The summed E-state index contributed by atoms with van der Waals surface area (Å²) in [4.78, 5) is 12.4. The van der Waals surface area contributed by atoms with Crippen molar-refractivity contribution in [3.63, 3.8) is 0 Å². The molecular formula is C22H19N3O. The lowest BCUT2D eigenvalue weighted by molar-refractivity contribution is -0.110. The maximum absolute atomic E-state index is 12.4. The van der Waals surface area contributed by atoms with Gasteiger partial charge in [0.05, 0.1) is 18.8 Å². The number of hydrogen-bond acceptors (Lipinski definition) is 3. The van der Waals surface area contributed by atoms with Crippen LogP contribution in [0.5, 0.6) is 0 Å². The molecule has 1 amide bonds. The van der Waals surface area contributed by atoms with Crippen LogP contribution in [0.2, 0.25) is 0 Å². The second-order valence-electron chi connectivity index (χ2n) is 6.24. The van der Waals surface area contributed by atoms with E-state index in [4.69, 9.17) is 5.10 Å². The van der Waals surface area contributed by atoms with E-state index in [-0.39, 0.29) is 5.91 Å². The largest absolute Gasteiger partial charge is 0.320 e. The maximum atomic E-state index is 12.4. The molecule has 1 aliphatic rings. The van der Waals surface area contributed by atoms with Crippen LogP contribution < -0.4 is 5.32 Å². The van der Waals surface area contributed by atoms with Gasteiger partial charge in [-0.2, -0.15) is 5.10 Å². The Labute approximate surface area is 152 Å². The van der Waals surface area contributed by atoms with Gasteiger partial charge in [-0.1, -0.05) is 78.9 Å². The Bertz CT molecular complexity index is 894. The normalized spacial score (nSPS) is 14.2. The molecule has 0 atom stereocenters. The minimum Gasteiger partial charge on any atom is -0.320 e. The Morgan fingerprint density at radius 1 is 0.731 bits per heavy atom. The zero-order valence-electron chi connectivity index (χ0n) is 14.3. The number of anilines is 1. The molecule has 0 fully saturated rings. The molecular weight excluding hydrogens is 322 g/mol. The van der Waals surface area contributed by atoms with E-state index in [1.807, 2.05) is 65.7 Å². The van der Waals surface area contributed by atoms with Gasteiger partial charge in [0.15, 0.2) is 5.71 Å². The van der Waals surface area contributed by atoms with Crippen molar-refractivity contribution in [1.82, 2.24) is 5.01 Å². The van der Waals surface area contributed by atoms with Crippen LogP contribution in [0.1, 0.15) is 16.7 Å². The van der Waals surface area contributed by atoms with Crippen molar-refractivity contribution in [2.24, 2.45) is 5.10 Å². The zero-order valence-corrected chi connectivity index (χ0v) is 14.3. The van der Waals surface area contributed by atoms with E-state index in [0.29, 0.717) is 18.8 Å². The summed E-state index contributed by atoms with van der Waals surface area (Å²) in [7, 11) is 0. The molecule has 1 aliphatic heterocycles. The Morgan fingerprint density at radius 3 is 1.88 bits per heavy atom. The molecule has 0 saturated carbocycles. The van der Waals surface area contributed by atoms with Crippen LogP contribution in [0.3, 0.4) is 0 Å². The minimum absolute atomic E-state index is 0.155. The Morgan fingerprint density at radius 2 is 1.27 bits per heavy atom. The minimum atomic E-state index is -0.155.